The van der Waals surface area contributed by atoms with E-state index in [9.17, 15) is 17.6 Å². The molecule has 0 saturated heterocycles. The number of hydrogen-bond donors (Lipinski definition) is 1. The van der Waals surface area contributed by atoms with E-state index >= 15 is 0 Å². The summed E-state index contributed by atoms with van der Waals surface area (Å²) in [5, 5.41) is 8.69. The third-order valence-electron chi connectivity index (χ3n) is 1.57. The van der Waals surface area contributed by atoms with Crippen molar-refractivity contribution in [3.05, 3.63) is 34.6 Å². The van der Waals surface area contributed by atoms with Crippen molar-refractivity contribution in [1.29, 1.82) is 0 Å². The van der Waals surface area contributed by atoms with Crippen LogP contribution in [0.4, 0.5) is 17.6 Å². The number of hydrogen-bond acceptors (Lipinski definition) is 1. The predicted octanol–water partition coefficient (Wildman–Crippen LogP) is 3.07. The highest BCUT2D eigenvalue weighted by atomic mass is 35.5. The molecular weight excluding hydrogens is 224 g/mol. The van der Waals surface area contributed by atoms with E-state index in [-0.39, 0.29) is 5.02 Å². The largest absolute Gasteiger partial charge is 0.418 e. The van der Waals surface area contributed by atoms with Crippen molar-refractivity contribution in [1.82, 2.24) is 0 Å². The molecule has 0 fully saturated rings. The second kappa shape index (κ2) is 3.74. The van der Waals surface area contributed by atoms with Gasteiger partial charge in [-0.15, -0.1) is 0 Å². The molecule has 1 atom stereocenters. The van der Waals surface area contributed by atoms with Gasteiger partial charge in [0, 0.05) is 10.6 Å². The van der Waals surface area contributed by atoms with Crippen molar-refractivity contribution in [3.8, 4) is 0 Å². The third-order valence-corrected chi connectivity index (χ3v) is 1.80. The summed E-state index contributed by atoms with van der Waals surface area (Å²) >= 11 is 5.33. The standard InChI is InChI=1S/C8H5ClF4O/c9-4-1-2-5(6(10)3-4)7(14)8(11,12)13/h1-3,7,14H. The smallest absolute Gasteiger partial charge is 0.379 e. The average molecular weight is 229 g/mol. The molecule has 14 heavy (non-hydrogen) atoms. The summed E-state index contributed by atoms with van der Waals surface area (Å²) in [6.07, 6.45) is -7.70. The lowest BCUT2D eigenvalue weighted by molar-refractivity contribution is -0.207. The van der Waals surface area contributed by atoms with Crippen LogP contribution in [-0.2, 0) is 0 Å². The highest BCUT2D eigenvalue weighted by molar-refractivity contribution is 6.30. The van der Waals surface area contributed by atoms with Crippen LogP contribution >= 0.6 is 11.6 Å². The number of benzene rings is 1. The molecule has 0 radical (unpaired) electrons. The van der Waals surface area contributed by atoms with E-state index in [1.54, 1.807) is 0 Å². The van der Waals surface area contributed by atoms with Crippen LogP contribution in [0.2, 0.25) is 5.02 Å². The highest BCUT2D eigenvalue weighted by Gasteiger charge is 2.40. The van der Waals surface area contributed by atoms with E-state index in [1.165, 1.54) is 0 Å². The molecule has 1 rings (SSSR count). The summed E-state index contributed by atoms with van der Waals surface area (Å²) in [4.78, 5) is 0. The Morgan fingerprint density at radius 2 is 1.86 bits per heavy atom. The van der Waals surface area contributed by atoms with Gasteiger partial charge < -0.3 is 5.11 Å². The van der Waals surface area contributed by atoms with Gasteiger partial charge in [-0.1, -0.05) is 17.7 Å². The molecule has 1 nitrogen and oxygen atoms in total. The first kappa shape index (κ1) is 11.3. The van der Waals surface area contributed by atoms with Crippen molar-refractivity contribution in [2.24, 2.45) is 0 Å². The molecule has 1 aromatic carbocycles. The van der Waals surface area contributed by atoms with Crippen LogP contribution in [0.3, 0.4) is 0 Å². The van der Waals surface area contributed by atoms with Gasteiger partial charge in [-0.05, 0) is 12.1 Å². The van der Waals surface area contributed by atoms with Gasteiger partial charge in [0.2, 0.25) is 0 Å². The second-order valence-corrected chi connectivity index (χ2v) is 3.05. The average Bonchev–Trinajstić information content (AvgIpc) is 2.01. The zero-order valence-corrected chi connectivity index (χ0v) is 7.40. The van der Waals surface area contributed by atoms with Crippen LogP contribution in [-0.4, -0.2) is 11.3 Å². The monoisotopic (exact) mass is 228 g/mol. The molecule has 0 aliphatic carbocycles. The molecule has 0 aromatic heterocycles. The molecule has 0 spiro atoms. The Balaban J connectivity index is 3.08. The first-order chi connectivity index (χ1) is 6.32. The van der Waals surface area contributed by atoms with E-state index in [2.05, 4.69) is 0 Å². The fraction of sp³-hybridized carbons (Fsp3) is 0.250. The van der Waals surface area contributed by atoms with Crippen LogP contribution in [0.25, 0.3) is 0 Å². The van der Waals surface area contributed by atoms with Crippen molar-refractivity contribution in [3.63, 3.8) is 0 Å². The number of rotatable bonds is 1. The number of aliphatic hydroxyl groups is 1. The van der Waals surface area contributed by atoms with Gasteiger partial charge in [-0.2, -0.15) is 13.2 Å². The summed E-state index contributed by atoms with van der Waals surface area (Å²) in [6, 6.07) is 2.59. The van der Waals surface area contributed by atoms with Crippen LogP contribution in [0.5, 0.6) is 0 Å². The molecule has 1 N–H and O–H groups in total. The molecule has 1 unspecified atom stereocenters. The van der Waals surface area contributed by atoms with Gasteiger partial charge in [0.15, 0.2) is 6.10 Å². The van der Waals surface area contributed by atoms with Crippen molar-refractivity contribution in [2.75, 3.05) is 0 Å². The van der Waals surface area contributed by atoms with E-state index in [1.807, 2.05) is 0 Å². The van der Waals surface area contributed by atoms with Gasteiger partial charge in [-0.3, -0.25) is 0 Å². The van der Waals surface area contributed by atoms with Crippen LogP contribution in [0.15, 0.2) is 18.2 Å². The Kier molecular flexibility index (Phi) is 3.01. The lowest BCUT2D eigenvalue weighted by atomic mass is 10.1. The van der Waals surface area contributed by atoms with Gasteiger partial charge in [-0.25, -0.2) is 4.39 Å². The van der Waals surface area contributed by atoms with Crippen molar-refractivity contribution >= 4 is 11.6 Å². The number of aliphatic hydroxyl groups excluding tert-OH is 1. The third kappa shape index (κ3) is 2.36. The Labute approximate surface area is 81.9 Å². The van der Waals surface area contributed by atoms with E-state index in [4.69, 9.17) is 16.7 Å². The molecule has 0 aliphatic rings. The van der Waals surface area contributed by atoms with Gasteiger partial charge >= 0.3 is 6.18 Å². The fourth-order valence-corrected chi connectivity index (χ4v) is 1.06. The van der Waals surface area contributed by atoms with E-state index in [0.29, 0.717) is 6.07 Å². The van der Waals surface area contributed by atoms with E-state index in [0.717, 1.165) is 12.1 Å². The van der Waals surface area contributed by atoms with Gasteiger partial charge in [0.05, 0.1) is 0 Å². The molecule has 0 amide bonds. The maximum absolute atomic E-state index is 12.9. The molecule has 1 aromatic rings. The minimum atomic E-state index is -4.88. The van der Waals surface area contributed by atoms with Crippen LogP contribution in [0.1, 0.15) is 11.7 Å². The van der Waals surface area contributed by atoms with Gasteiger partial charge in [0.25, 0.3) is 0 Å². The normalized spacial score (nSPS) is 14.1. The zero-order chi connectivity index (χ0) is 10.9. The summed E-state index contributed by atoms with van der Waals surface area (Å²) in [5.41, 5.74) is -0.832. The molecule has 0 bridgehead atoms. The first-order valence-electron chi connectivity index (χ1n) is 3.52. The fourth-order valence-electron chi connectivity index (χ4n) is 0.900. The predicted molar refractivity (Wildman–Crippen MR) is 42.4 cm³/mol. The summed E-state index contributed by atoms with van der Waals surface area (Å²) in [6.45, 7) is 0. The quantitative estimate of drug-likeness (QED) is 0.733. The topological polar surface area (TPSA) is 20.2 Å². The summed E-state index contributed by atoms with van der Waals surface area (Å²) in [7, 11) is 0. The maximum Gasteiger partial charge on any atom is 0.418 e. The molecule has 78 valence electrons. The zero-order valence-electron chi connectivity index (χ0n) is 6.65. The molecule has 0 aliphatic heterocycles. The van der Waals surface area contributed by atoms with Crippen molar-refractivity contribution < 1.29 is 22.7 Å². The summed E-state index contributed by atoms with van der Waals surface area (Å²) < 4.78 is 48.8. The van der Waals surface area contributed by atoms with Crippen molar-refractivity contribution in [2.45, 2.75) is 12.3 Å². The van der Waals surface area contributed by atoms with Crippen LogP contribution in [0, 0.1) is 5.82 Å². The molecule has 0 heterocycles. The Hall–Kier alpha value is -0.810. The minimum Gasteiger partial charge on any atom is -0.379 e. The molecule has 6 heteroatoms. The van der Waals surface area contributed by atoms with Crippen LogP contribution < -0.4 is 0 Å². The Morgan fingerprint density at radius 3 is 2.29 bits per heavy atom. The minimum absolute atomic E-state index is 0.0272. The summed E-state index contributed by atoms with van der Waals surface area (Å²) in [5.74, 6) is -1.18. The number of halogens is 5. The number of alkyl halides is 3. The maximum atomic E-state index is 12.9. The Bertz CT molecular complexity index is 337. The highest BCUT2D eigenvalue weighted by Crippen LogP contribution is 2.34. The lowest BCUT2D eigenvalue weighted by Gasteiger charge is -2.15. The Morgan fingerprint density at radius 1 is 1.29 bits per heavy atom. The SMILES string of the molecule is OC(c1ccc(Cl)cc1F)C(F)(F)F. The lowest BCUT2D eigenvalue weighted by Crippen LogP contribution is -2.21. The van der Waals surface area contributed by atoms with E-state index < -0.39 is 23.7 Å². The molecule has 0 saturated carbocycles. The second-order valence-electron chi connectivity index (χ2n) is 2.61. The van der Waals surface area contributed by atoms with Gasteiger partial charge in [0.1, 0.15) is 5.82 Å². The first-order valence-corrected chi connectivity index (χ1v) is 3.90. The molecular formula is C8H5ClF4O.